The van der Waals surface area contributed by atoms with Gasteiger partial charge in [0.15, 0.2) is 3.95 Å². The first kappa shape index (κ1) is 12.1. The van der Waals surface area contributed by atoms with Crippen molar-refractivity contribution in [1.29, 1.82) is 0 Å². The predicted octanol–water partition coefficient (Wildman–Crippen LogP) is 1.53. The smallest absolute Gasteiger partial charge is 0.221 e. The van der Waals surface area contributed by atoms with Gasteiger partial charge in [0.2, 0.25) is 11.0 Å². The standard InChI is InChI=1S/C8H14N4OS2/c1-2-4-9-6(13)3-5-10-7-11-12-8(14)15-7/h2-5H2,1H3,(H,9,13)(H,10,11)(H,12,14). The van der Waals surface area contributed by atoms with Crippen LogP contribution in [0, 0.1) is 3.95 Å². The summed E-state index contributed by atoms with van der Waals surface area (Å²) in [5, 5.41) is 13.1. The Labute approximate surface area is 97.3 Å². The van der Waals surface area contributed by atoms with E-state index in [1.54, 1.807) is 0 Å². The van der Waals surface area contributed by atoms with Crippen LogP contribution in [0.1, 0.15) is 19.8 Å². The van der Waals surface area contributed by atoms with Crippen LogP contribution in [0.5, 0.6) is 0 Å². The summed E-state index contributed by atoms with van der Waals surface area (Å²) in [5.41, 5.74) is 0. The fourth-order valence-electron chi connectivity index (χ4n) is 0.941. The zero-order chi connectivity index (χ0) is 11.1. The maximum absolute atomic E-state index is 11.2. The molecule has 5 nitrogen and oxygen atoms in total. The van der Waals surface area contributed by atoms with Gasteiger partial charge in [0.05, 0.1) is 0 Å². The van der Waals surface area contributed by atoms with Gasteiger partial charge in [0.1, 0.15) is 0 Å². The Morgan fingerprint density at radius 3 is 3.00 bits per heavy atom. The summed E-state index contributed by atoms with van der Waals surface area (Å²) < 4.78 is 0.632. The second-order valence-electron chi connectivity index (χ2n) is 2.95. The first-order valence-electron chi connectivity index (χ1n) is 4.78. The molecule has 0 spiro atoms. The van der Waals surface area contributed by atoms with Crippen LogP contribution in [0.2, 0.25) is 0 Å². The van der Waals surface area contributed by atoms with Crippen molar-refractivity contribution in [2.24, 2.45) is 0 Å². The van der Waals surface area contributed by atoms with Crippen molar-refractivity contribution >= 4 is 34.6 Å². The van der Waals surface area contributed by atoms with Gasteiger partial charge in [-0.2, -0.15) is 0 Å². The average molecular weight is 246 g/mol. The van der Waals surface area contributed by atoms with Gasteiger partial charge in [-0.15, -0.1) is 5.10 Å². The van der Waals surface area contributed by atoms with Crippen LogP contribution in [0.3, 0.4) is 0 Å². The minimum atomic E-state index is 0.0588. The second kappa shape index (κ2) is 6.52. The average Bonchev–Trinajstić information content (AvgIpc) is 2.61. The fraction of sp³-hybridized carbons (Fsp3) is 0.625. The number of anilines is 1. The van der Waals surface area contributed by atoms with Gasteiger partial charge in [0, 0.05) is 19.5 Å². The number of H-pyrrole nitrogens is 1. The Kier molecular flexibility index (Phi) is 5.27. The van der Waals surface area contributed by atoms with Crippen LogP contribution in [0.25, 0.3) is 0 Å². The molecule has 0 aliphatic heterocycles. The normalized spacial score (nSPS) is 9.93. The summed E-state index contributed by atoms with van der Waals surface area (Å²) in [5.74, 6) is 0.0588. The Hall–Kier alpha value is -0.950. The topological polar surface area (TPSA) is 69.8 Å². The summed E-state index contributed by atoms with van der Waals surface area (Å²) in [7, 11) is 0. The first-order valence-corrected chi connectivity index (χ1v) is 6.01. The quantitative estimate of drug-likeness (QED) is 0.666. The van der Waals surface area contributed by atoms with E-state index in [0.29, 0.717) is 16.9 Å². The zero-order valence-electron chi connectivity index (χ0n) is 8.50. The molecule has 0 aliphatic rings. The van der Waals surface area contributed by atoms with Crippen molar-refractivity contribution in [3.05, 3.63) is 3.95 Å². The third-order valence-electron chi connectivity index (χ3n) is 1.64. The number of amides is 1. The highest BCUT2D eigenvalue weighted by molar-refractivity contribution is 7.73. The Morgan fingerprint density at radius 2 is 2.40 bits per heavy atom. The molecule has 0 radical (unpaired) electrons. The maximum atomic E-state index is 11.2. The number of rotatable bonds is 6. The molecule has 0 atom stereocenters. The van der Waals surface area contributed by atoms with Gasteiger partial charge in [-0.25, -0.2) is 0 Å². The van der Waals surface area contributed by atoms with E-state index in [1.165, 1.54) is 11.3 Å². The molecule has 0 bridgehead atoms. The number of carbonyl (C=O) groups is 1. The summed E-state index contributed by atoms with van der Waals surface area (Å²) in [4.78, 5) is 11.2. The van der Waals surface area contributed by atoms with Gasteiger partial charge in [-0.3, -0.25) is 9.89 Å². The summed E-state index contributed by atoms with van der Waals surface area (Å²) in [6.45, 7) is 3.33. The zero-order valence-corrected chi connectivity index (χ0v) is 10.1. The summed E-state index contributed by atoms with van der Waals surface area (Å²) in [6, 6.07) is 0. The lowest BCUT2D eigenvalue weighted by Crippen LogP contribution is -2.25. The summed E-state index contributed by atoms with van der Waals surface area (Å²) >= 11 is 6.24. The lowest BCUT2D eigenvalue weighted by atomic mass is 10.4. The van der Waals surface area contributed by atoms with Crippen molar-refractivity contribution in [2.75, 3.05) is 18.4 Å². The number of nitrogens with zero attached hydrogens (tertiary/aromatic N) is 1. The fourth-order valence-corrected chi connectivity index (χ4v) is 1.76. The van der Waals surface area contributed by atoms with Gasteiger partial charge in [0.25, 0.3) is 0 Å². The SMILES string of the molecule is CCCNC(=O)CCNc1n[nH]c(=S)s1. The van der Waals surface area contributed by atoms with E-state index in [4.69, 9.17) is 12.2 Å². The molecule has 15 heavy (non-hydrogen) atoms. The molecule has 84 valence electrons. The monoisotopic (exact) mass is 246 g/mol. The molecule has 0 saturated heterocycles. The Morgan fingerprint density at radius 1 is 1.60 bits per heavy atom. The molecule has 1 aromatic heterocycles. The maximum Gasteiger partial charge on any atom is 0.221 e. The molecule has 1 heterocycles. The van der Waals surface area contributed by atoms with E-state index >= 15 is 0 Å². The molecule has 0 fully saturated rings. The highest BCUT2D eigenvalue weighted by atomic mass is 32.1. The van der Waals surface area contributed by atoms with E-state index < -0.39 is 0 Å². The molecule has 3 N–H and O–H groups in total. The molecular weight excluding hydrogens is 232 g/mol. The molecule has 0 aliphatic carbocycles. The first-order chi connectivity index (χ1) is 7.22. The minimum Gasteiger partial charge on any atom is -0.360 e. The third-order valence-corrected chi connectivity index (χ3v) is 2.69. The molecule has 0 aromatic carbocycles. The lowest BCUT2D eigenvalue weighted by molar-refractivity contribution is -0.120. The molecule has 7 heteroatoms. The van der Waals surface area contributed by atoms with Crippen LogP contribution < -0.4 is 10.6 Å². The molecular formula is C8H14N4OS2. The van der Waals surface area contributed by atoms with Crippen LogP contribution >= 0.6 is 23.6 Å². The van der Waals surface area contributed by atoms with Gasteiger partial charge >= 0.3 is 0 Å². The molecule has 0 saturated carbocycles. The lowest BCUT2D eigenvalue weighted by Gasteiger charge is -2.03. The van der Waals surface area contributed by atoms with E-state index in [-0.39, 0.29) is 5.91 Å². The highest BCUT2D eigenvalue weighted by Crippen LogP contribution is 2.09. The van der Waals surface area contributed by atoms with E-state index in [9.17, 15) is 4.79 Å². The van der Waals surface area contributed by atoms with Crippen molar-refractivity contribution in [3.63, 3.8) is 0 Å². The molecule has 1 aromatic rings. The van der Waals surface area contributed by atoms with Crippen LogP contribution in [0.4, 0.5) is 5.13 Å². The number of nitrogens with one attached hydrogen (secondary N) is 3. The van der Waals surface area contributed by atoms with Gasteiger partial charge < -0.3 is 10.6 Å². The van der Waals surface area contributed by atoms with Crippen molar-refractivity contribution < 1.29 is 4.79 Å². The largest absolute Gasteiger partial charge is 0.360 e. The molecule has 1 rings (SSSR count). The minimum absolute atomic E-state index is 0.0588. The Balaban J connectivity index is 2.16. The number of aromatic nitrogens is 2. The van der Waals surface area contributed by atoms with Crippen LogP contribution in [-0.4, -0.2) is 29.2 Å². The second-order valence-corrected chi connectivity index (χ2v) is 4.61. The van der Waals surface area contributed by atoms with Crippen molar-refractivity contribution in [1.82, 2.24) is 15.5 Å². The van der Waals surface area contributed by atoms with Crippen molar-refractivity contribution in [2.45, 2.75) is 19.8 Å². The number of hydrogen-bond donors (Lipinski definition) is 3. The number of carbonyl (C=O) groups excluding carboxylic acids is 1. The van der Waals surface area contributed by atoms with E-state index in [0.717, 1.165) is 18.1 Å². The number of hydrogen-bond acceptors (Lipinski definition) is 5. The van der Waals surface area contributed by atoms with E-state index in [2.05, 4.69) is 20.8 Å². The molecule has 0 unspecified atom stereocenters. The van der Waals surface area contributed by atoms with Crippen LogP contribution in [0.15, 0.2) is 0 Å². The predicted molar refractivity (Wildman–Crippen MR) is 63.7 cm³/mol. The van der Waals surface area contributed by atoms with Crippen LogP contribution in [-0.2, 0) is 4.79 Å². The van der Waals surface area contributed by atoms with Gasteiger partial charge in [-0.05, 0) is 18.6 Å². The Bertz CT molecular complexity index is 360. The third kappa shape index (κ3) is 4.89. The van der Waals surface area contributed by atoms with Crippen molar-refractivity contribution in [3.8, 4) is 0 Å². The number of aromatic amines is 1. The highest BCUT2D eigenvalue weighted by Gasteiger charge is 2.00. The summed E-state index contributed by atoms with van der Waals surface area (Å²) in [6.07, 6.45) is 1.41. The molecule has 1 amide bonds. The van der Waals surface area contributed by atoms with Gasteiger partial charge in [-0.1, -0.05) is 18.3 Å². The van der Waals surface area contributed by atoms with E-state index in [1.807, 2.05) is 6.92 Å².